The maximum absolute atomic E-state index is 8.45. The van der Waals surface area contributed by atoms with E-state index in [1.807, 2.05) is 0 Å². The zero-order valence-corrected chi connectivity index (χ0v) is 2.23. The van der Waals surface area contributed by atoms with Crippen LogP contribution in [-0.4, -0.2) is 41.9 Å². The summed E-state index contributed by atoms with van der Waals surface area (Å²) in [6.45, 7) is 0. The third-order valence-corrected chi connectivity index (χ3v) is 0. The Morgan fingerprint density at radius 1 is 1.40 bits per heavy atom. The van der Waals surface area contributed by atoms with Gasteiger partial charge in [0.1, 0.15) is 0 Å². The third-order valence-electron chi connectivity index (χ3n) is 0. The van der Waals surface area contributed by atoms with Crippen LogP contribution in [0.5, 0.6) is 0 Å². The molecule has 0 rings (SSSR count). The molecule has 26 valence electrons. The Bertz CT molecular complexity index is 15.1. The zero-order chi connectivity index (χ0) is 2.71. The number of hydrogen-bond acceptors (Lipinski definition) is 1. The van der Waals surface area contributed by atoms with E-state index in [0.717, 1.165) is 0 Å². The van der Waals surface area contributed by atoms with E-state index in [1.54, 1.807) is 0 Å². The fourth-order valence-corrected chi connectivity index (χ4v) is 0. The molecule has 5 heteroatoms. The number of hydrogen-bond donors (Lipinski definition) is 1. The molecule has 5 heavy (non-hydrogen) atoms. The second-order valence-corrected chi connectivity index (χ2v) is 0.251. The first-order valence-electron chi connectivity index (χ1n) is 0.285. The molecule has 0 bridgehead atoms. The van der Waals surface area contributed by atoms with Gasteiger partial charge >= 0.3 is 60.8 Å². The van der Waals surface area contributed by atoms with Gasteiger partial charge in [-0.3, -0.25) is 0 Å². The van der Waals surface area contributed by atoms with Gasteiger partial charge in [0.2, 0.25) is 0 Å². The minimum atomic E-state index is -0.812. The molecule has 0 heterocycles. The summed E-state index contributed by atoms with van der Waals surface area (Å²) in [7, 11) is 0. The van der Waals surface area contributed by atoms with Crippen molar-refractivity contribution in [2.24, 2.45) is 0 Å². The SMILES string of the molecule is [LiH].[LiH].[O]=[Co][OH]. The van der Waals surface area contributed by atoms with E-state index in [4.69, 9.17) is 8.08 Å². The molecule has 0 saturated carbocycles. The van der Waals surface area contributed by atoms with E-state index >= 15 is 0 Å². The van der Waals surface area contributed by atoms with Gasteiger partial charge in [-0.1, -0.05) is 0 Å². The van der Waals surface area contributed by atoms with E-state index < -0.39 is 15.0 Å². The van der Waals surface area contributed by atoms with Crippen molar-refractivity contribution in [1.82, 2.24) is 0 Å². The van der Waals surface area contributed by atoms with Gasteiger partial charge in [-0.2, -0.15) is 0 Å². The second-order valence-electron chi connectivity index (χ2n) is 0.0609. The molecule has 0 aliphatic heterocycles. The molecule has 0 atom stereocenters. The minimum absolute atomic E-state index is 0. The van der Waals surface area contributed by atoms with Gasteiger partial charge in [-0.25, -0.2) is 0 Å². The van der Waals surface area contributed by atoms with Crippen LogP contribution < -0.4 is 0 Å². The quantitative estimate of drug-likeness (QED) is 0.365. The molecule has 0 fully saturated rings. The Balaban J connectivity index is -0.0000000200. The van der Waals surface area contributed by atoms with Crippen LogP contribution >= 0.6 is 0 Å². The molecule has 0 aromatic heterocycles. The van der Waals surface area contributed by atoms with Crippen LogP contribution in [0.3, 0.4) is 0 Å². The molecule has 0 amide bonds. The monoisotopic (exact) mass is 108 g/mol. The van der Waals surface area contributed by atoms with Crippen LogP contribution in [0.4, 0.5) is 0 Å². The summed E-state index contributed by atoms with van der Waals surface area (Å²) in [5.41, 5.74) is 0. The van der Waals surface area contributed by atoms with Crippen LogP contribution in [-0.2, 0) is 18.8 Å². The first-order valence-corrected chi connectivity index (χ1v) is 1.18. The summed E-state index contributed by atoms with van der Waals surface area (Å²) in [5, 5.41) is 0. The normalized spacial score (nSPS) is 4.20. The van der Waals surface area contributed by atoms with Crippen molar-refractivity contribution in [2.75, 3.05) is 0 Å². The average Bonchev–Trinajstić information content (AvgIpc) is 0.918. The van der Waals surface area contributed by atoms with Crippen LogP contribution in [0.1, 0.15) is 0 Å². The fourth-order valence-electron chi connectivity index (χ4n) is 0. The van der Waals surface area contributed by atoms with Gasteiger partial charge < -0.3 is 0 Å². The van der Waals surface area contributed by atoms with Crippen molar-refractivity contribution >= 4 is 37.7 Å². The van der Waals surface area contributed by atoms with Crippen molar-refractivity contribution < 1.29 is 23.0 Å². The standard InChI is InChI=1S/Co.2Li.H2O.O.2H/h;;;1H2;;;/q+1;;;;;;/p-1. The topological polar surface area (TPSA) is 37.3 Å². The van der Waals surface area contributed by atoms with E-state index in [-0.39, 0.29) is 37.7 Å². The van der Waals surface area contributed by atoms with Gasteiger partial charge in [0.15, 0.2) is 0 Å². The van der Waals surface area contributed by atoms with Crippen molar-refractivity contribution in [3.05, 3.63) is 0 Å². The second kappa shape index (κ2) is 17.9. The maximum atomic E-state index is 8.45. The van der Waals surface area contributed by atoms with Gasteiger partial charge in [0.05, 0.1) is 0 Å². The average molecular weight is 108 g/mol. The Morgan fingerprint density at radius 2 is 1.40 bits per heavy atom. The van der Waals surface area contributed by atoms with Gasteiger partial charge in [-0.15, -0.1) is 0 Å². The molecule has 0 radical (unpaired) electrons. The van der Waals surface area contributed by atoms with Crippen LogP contribution in [0, 0.1) is 0 Å². The fraction of sp³-hybridized carbons (Fsp3) is 0. The summed E-state index contributed by atoms with van der Waals surface area (Å²) in [5.74, 6) is 0. The van der Waals surface area contributed by atoms with Gasteiger partial charge in [0, 0.05) is 0 Å². The summed E-state index contributed by atoms with van der Waals surface area (Å²) in [6.07, 6.45) is 0. The Hall–Kier alpha value is 1.46. The predicted molar refractivity (Wildman–Crippen MR) is 17.2 cm³/mol. The molecule has 0 aromatic rings. The Morgan fingerprint density at radius 3 is 1.40 bits per heavy atom. The zero-order valence-electron chi connectivity index (χ0n) is 1.19. The van der Waals surface area contributed by atoms with Crippen LogP contribution in [0.2, 0.25) is 0 Å². The van der Waals surface area contributed by atoms with Crippen molar-refractivity contribution in [2.45, 2.75) is 0 Å². The van der Waals surface area contributed by atoms with E-state index in [9.17, 15) is 0 Å². The van der Waals surface area contributed by atoms with Crippen LogP contribution in [0.25, 0.3) is 0 Å². The van der Waals surface area contributed by atoms with Crippen molar-refractivity contribution in [3.8, 4) is 0 Å². The predicted octanol–water partition coefficient (Wildman–Crippen LogP) is -1.98. The molecule has 0 aromatic carbocycles. The van der Waals surface area contributed by atoms with Crippen LogP contribution in [0.15, 0.2) is 0 Å². The Kier molecular flexibility index (Phi) is 57.7. The first-order chi connectivity index (χ1) is 1.41. The molecule has 0 aliphatic rings. The molecule has 0 saturated heterocycles. The van der Waals surface area contributed by atoms with E-state index in [1.165, 1.54) is 0 Å². The molecule has 0 aliphatic carbocycles. The van der Waals surface area contributed by atoms with E-state index in [0.29, 0.717) is 0 Å². The summed E-state index contributed by atoms with van der Waals surface area (Å²) >= 11 is -0.812. The molecular formula is H3CoLi2O2. The molecule has 0 unspecified atom stereocenters. The summed E-state index contributed by atoms with van der Waals surface area (Å²) < 4.78 is 15.4. The van der Waals surface area contributed by atoms with Gasteiger partial charge in [0.25, 0.3) is 0 Å². The Labute approximate surface area is 60.6 Å². The molecule has 1 N–H and O–H groups in total. The number of rotatable bonds is 0. The summed E-state index contributed by atoms with van der Waals surface area (Å²) in [4.78, 5) is 0. The van der Waals surface area contributed by atoms with Crippen molar-refractivity contribution in [1.29, 1.82) is 0 Å². The van der Waals surface area contributed by atoms with Crippen molar-refractivity contribution in [3.63, 3.8) is 0 Å². The molecule has 0 spiro atoms. The summed E-state index contributed by atoms with van der Waals surface area (Å²) in [6, 6.07) is 0. The van der Waals surface area contributed by atoms with Gasteiger partial charge in [-0.05, 0) is 0 Å². The first kappa shape index (κ1) is 16.1. The molecular weight excluding hydrogens is 105 g/mol. The molecule has 2 nitrogen and oxygen atoms in total. The third kappa shape index (κ3) is 30.6. The van der Waals surface area contributed by atoms with E-state index in [2.05, 4.69) is 0 Å².